The molecule has 12 heavy (non-hydrogen) atoms. The zero-order valence-electron chi connectivity index (χ0n) is 6.97. The molecule has 0 unspecified atom stereocenters. The van der Waals surface area contributed by atoms with Crippen LogP contribution >= 0.6 is 12.2 Å². The summed E-state index contributed by atoms with van der Waals surface area (Å²) >= 11 is 5.11. The maximum absolute atomic E-state index is 5.11. The highest BCUT2D eigenvalue weighted by Crippen LogP contribution is 2.21. The van der Waals surface area contributed by atoms with Gasteiger partial charge in [-0.05, 0) is 25.1 Å². The molecule has 1 saturated heterocycles. The average Bonchev–Trinajstić information content (AvgIpc) is 2.53. The molecule has 1 saturated carbocycles. The van der Waals surface area contributed by atoms with Crippen molar-refractivity contribution in [3.63, 3.8) is 0 Å². The molecule has 2 rings (SSSR count). The van der Waals surface area contributed by atoms with Crippen molar-refractivity contribution < 1.29 is 0 Å². The number of hydrazine groups is 3. The summed E-state index contributed by atoms with van der Waals surface area (Å²) in [5, 5.41) is 2.79. The summed E-state index contributed by atoms with van der Waals surface area (Å²) < 4.78 is 0. The van der Waals surface area contributed by atoms with Crippen LogP contribution in [0.3, 0.4) is 0 Å². The maximum Gasteiger partial charge on any atom is 0.200 e. The van der Waals surface area contributed by atoms with Crippen molar-refractivity contribution in [2.45, 2.75) is 38.1 Å². The highest BCUT2D eigenvalue weighted by atomic mass is 32.1. The van der Waals surface area contributed by atoms with E-state index in [1.165, 1.54) is 32.1 Å². The van der Waals surface area contributed by atoms with Crippen molar-refractivity contribution in [3.05, 3.63) is 0 Å². The molecule has 3 N–H and O–H groups in total. The lowest BCUT2D eigenvalue weighted by Gasteiger charge is -2.29. The predicted molar refractivity (Wildman–Crippen MR) is 50.7 cm³/mol. The highest BCUT2D eigenvalue weighted by Gasteiger charge is 2.25. The number of rotatable bonds is 1. The molecule has 0 amide bonds. The normalized spacial score (nSPS) is 26.0. The molecule has 2 aliphatic rings. The topological polar surface area (TPSA) is 39.3 Å². The van der Waals surface area contributed by atoms with Crippen molar-refractivity contribution in [2.24, 2.45) is 0 Å². The Kier molecular flexibility index (Phi) is 2.43. The minimum absolute atomic E-state index is 0.578. The largest absolute Gasteiger partial charge is 0.282 e. The van der Waals surface area contributed by atoms with Gasteiger partial charge in [-0.1, -0.05) is 19.3 Å². The molecule has 1 aliphatic heterocycles. The SMILES string of the molecule is S=C1NNNN1C1CCCCC1. The van der Waals surface area contributed by atoms with E-state index in [1.54, 1.807) is 0 Å². The first-order valence-corrected chi connectivity index (χ1v) is 4.88. The smallest absolute Gasteiger partial charge is 0.200 e. The molecule has 0 bridgehead atoms. The fraction of sp³-hybridized carbons (Fsp3) is 0.857. The Morgan fingerprint density at radius 2 is 2.00 bits per heavy atom. The first kappa shape index (κ1) is 8.22. The van der Waals surface area contributed by atoms with Crippen LogP contribution in [0.4, 0.5) is 0 Å². The van der Waals surface area contributed by atoms with Gasteiger partial charge in [0.1, 0.15) is 0 Å². The Hall–Kier alpha value is -0.390. The Morgan fingerprint density at radius 1 is 1.25 bits per heavy atom. The van der Waals surface area contributed by atoms with Crippen molar-refractivity contribution in [1.82, 2.24) is 21.5 Å². The summed E-state index contributed by atoms with van der Waals surface area (Å²) in [5.74, 6) is 0. The number of hydrogen-bond donors (Lipinski definition) is 3. The van der Waals surface area contributed by atoms with Gasteiger partial charge in [-0.15, -0.1) is 5.53 Å². The van der Waals surface area contributed by atoms with Crippen molar-refractivity contribution in [2.75, 3.05) is 0 Å². The van der Waals surface area contributed by atoms with Crippen molar-refractivity contribution in [3.8, 4) is 0 Å². The van der Waals surface area contributed by atoms with Gasteiger partial charge in [0, 0.05) is 6.04 Å². The third-order valence-electron chi connectivity index (χ3n) is 2.50. The average molecular weight is 186 g/mol. The lowest BCUT2D eigenvalue weighted by Crippen LogP contribution is -2.45. The molecule has 1 heterocycles. The van der Waals surface area contributed by atoms with Gasteiger partial charge in [0.15, 0.2) is 0 Å². The minimum atomic E-state index is 0.578. The Balaban J connectivity index is 1.93. The van der Waals surface area contributed by atoms with Gasteiger partial charge in [-0.3, -0.25) is 10.4 Å². The van der Waals surface area contributed by atoms with Gasteiger partial charge in [0.05, 0.1) is 0 Å². The molecule has 0 aromatic carbocycles. The second kappa shape index (κ2) is 3.55. The van der Waals surface area contributed by atoms with E-state index in [0.717, 1.165) is 5.11 Å². The Labute approximate surface area is 77.6 Å². The first-order chi connectivity index (χ1) is 5.88. The maximum atomic E-state index is 5.11. The van der Waals surface area contributed by atoms with E-state index < -0.39 is 0 Å². The Bertz CT molecular complexity index is 178. The molecular formula is C7H14N4S. The summed E-state index contributed by atoms with van der Waals surface area (Å²) in [5.41, 5.74) is 8.67. The molecule has 4 nitrogen and oxygen atoms in total. The van der Waals surface area contributed by atoms with Crippen LogP contribution in [0, 0.1) is 0 Å². The summed E-state index contributed by atoms with van der Waals surface area (Å²) in [6, 6.07) is 0.578. The minimum Gasteiger partial charge on any atom is -0.282 e. The number of hydrogen-bond acceptors (Lipinski definition) is 3. The van der Waals surface area contributed by atoms with Crippen LogP contribution in [0.1, 0.15) is 32.1 Å². The van der Waals surface area contributed by atoms with E-state index in [0.29, 0.717) is 6.04 Å². The Morgan fingerprint density at radius 3 is 2.58 bits per heavy atom. The lowest BCUT2D eigenvalue weighted by molar-refractivity contribution is 0.185. The number of nitrogens with zero attached hydrogens (tertiary/aromatic N) is 1. The lowest BCUT2D eigenvalue weighted by atomic mass is 9.95. The third kappa shape index (κ3) is 1.53. The zero-order chi connectivity index (χ0) is 8.39. The molecule has 2 fully saturated rings. The molecule has 0 radical (unpaired) electrons. The second-order valence-corrected chi connectivity index (χ2v) is 3.72. The van der Waals surface area contributed by atoms with E-state index in [9.17, 15) is 0 Å². The first-order valence-electron chi connectivity index (χ1n) is 4.48. The number of nitrogens with one attached hydrogen (secondary N) is 3. The molecule has 5 heteroatoms. The van der Waals surface area contributed by atoms with E-state index in [-0.39, 0.29) is 0 Å². The summed E-state index contributed by atoms with van der Waals surface area (Å²) in [7, 11) is 0. The zero-order valence-corrected chi connectivity index (χ0v) is 7.78. The van der Waals surface area contributed by atoms with Gasteiger partial charge < -0.3 is 0 Å². The predicted octanol–water partition coefficient (Wildman–Crippen LogP) is 0.433. The molecule has 1 aliphatic carbocycles. The van der Waals surface area contributed by atoms with Gasteiger partial charge in [-0.25, -0.2) is 0 Å². The highest BCUT2D eigenvalue weighted by molar-refractivity contribution is 7.80. The molecule has 0 atom stereocenters. The van der Waals surface area contributed by atoms with Crippen LogP contribution in [0.15, 0.2) is 0 Å². The molecule has 0 aromatic rings. The fourth-order valence-electron chi connectivity index (χ4n) is 1.85. The molecule has 68 valence electrons. The van der Waals surface area contributed by atoms with Crippen molar-refractivity contribution >= 4 is 17.3 Å². The molecule has 0 aromatic heterocycles. The van der Waals surface area contributed by atoms with E-state index in [1.807, 2.05) is 5.01 Å². The second-order valence-electron chi connectivity index (χ2n) is 3.33. The van der Waals surface area contributed by atoms with Gasteiger partial charge in [-0.2, -0.15) is 5.53 Å². The summed E-state index contributed by atoms with van der Waals surface area (Å²) in [4.78, 5) is 0. The quantitative estimate of drug-likeness (QED) is 0.518. The molecular weight excluding hydrogens is 172 g/mol. The summed E-state index contributed by atoms with van der Waals surface area (Å²) in [6.07, 6.45) is 6.52. The fourth-order valence-corrected chi connectivity index (χ4v) is 2.09. The van der Waals surface area contributed by atoms with Gasteiger partial charge in [0.2, 0.25) is 5.11 Å². The third-order valence-corrected chi connectivity index (χ3v) is 2.80. The van der Waals surface area contributed by atoms with Crippen LogP contribution < -0.4 is 16.5 Å². The standard InChI is InChI=1S/C7H14N4S/c12-7-8-9-10-11(7)6-4-2-1-3-5-6/h6,9-10H,1-5H2,(H,8,12). The van der Waals surface area contributed by atoms with Crippen LogP contribution in [0.25, 0.3) is 0 Å². The van der Waals surface area contributed by atoms with E-state index in [2.05, 4.69) is 16.5 Å². The summed E-state index contributed by atoms with van der Waals surface area (Å²) in [6.45, 7) is 0. The van der Waals surface area contributed by atoms with Crippen LogP contribution in [0.2, 0.25) is 0 Å². The van der Waals surface area contributed by atoms with E-state index in [4.69, 9.17) is 12.2 Å². The van der Waals surface area contributed by atoms with E-state index >= 15 is 0 Å². The number of thiocarbonyl (C=S) groups is 1. The van der Waals surface area contributed by atoms with Crippen molar-refractivity contribution in [1.29, 1.82) is 0 Å². The van der Waals surface area contributed by atoms with Crippen LogP contribution in [-0.2, 0) is 0 Å². The van der Waals surface area contributed by atoms with Crippen LogP contribution in [-0.4, -0.2) is 16.2 Å². The van der Waals surface area contributed by atoms with Gasteiger partial charge >= 0.3 is 0 Å². The van der Waals surface area contributed by atoms with Crippen LogP contribution in [0.5, 0.6) is 0 Å². The monoisotopic (exact) mass is 186 g/mol. The van der Waals surface area contributed by atoms with Gasteiger partial charge in [0.25, 0.3) is 0 Å². The molecule has 0 spiro atoms.